The van der Waals surface area contributed by atoms with E-state index in [-0.39, 0.29) is 19.0 Å². The predicted molar refractivity (Wildman–Crippen MR) is 106 cm³/mol. The number of carbonyl (C=O) groups is 2. The smallest absolute Gasteiger partial charge is 0.242 e. The number of nitrogens with one attached hydrogen (secondary N) is 1. The number of amides is 2. The Morgan fingerprint density at radius 2 is 1.71 bits per heavy atom. The van der Waals surface area contributed by atoms with E-state index in [1.54, 1.807) is 6.92 Å². The van der Waals surface area contributed by atoms with Gasteiger partial charge in [0.05, 0.1) is 12.8 Å². The number of carbonyl (C=O) groups excluding carboxylic acids is 2. The first kappa shape index (κ1) is 24.0. The van der Waals surface area contributed by atoms with Crippen LogP contribution in [0.4, 0.5) is 4.39 Å². The molecule has 158 valence electrons. The van der Waals surface area contributed by atoms with Crippen molar-refractivity contribution in [3.05, 3.63) is 35.6 Å². The molecule has 1 rings (SSSR count). The Kier molecular flexibility index (Phi) is 9.03. The van der Waals surface area contributed by atoms with Gasteiger partial charge in [-0.1, -0.05) is 26.0 Å². The zero-order chi connectivity index (χ0) is 21.5. The van der Waals surface area contributed by atoms with Crippen molar-refractivity contribution in [2.24, 2.45) is 5.92 Å². The quantitative estimate of drug-likeness (QED) is 0.629. The molecule has 0 saturated carbocycles. The number of benzene rings is 1. The molecular weight excluding hydrogens is 385 g/mol. The molecule has 0 saturated heterocycles. The highest BCUT2D eigenvalue weighted by molar-refractivity contribution is 7.88. The van der Waals surface area contributed by atoms with Gasteiger partial charge < -0.3 is 10.2 Å². The molecule has 1 unspecified atom stereocenters. The first-order valence-corrected chi connectivity index (χ1v) is 11.0. The van der Waals surface area contributed by atoms with Crippen molar-refractivity contribution >= 4 is 21.8 Å². The molecule has 0 aliphatic carbocycles. The highest BCUT2D eigenvalue weighted by Gasteiger charge is 2.28. The summed E-state index contributed by atoms with van der Waals surface area (Å²) < 4.78 is 37.3. The number of rotatable bonds is 10. The van der Waals surface area contributed by atoms with Gasteiger partial charge in [0.1, 0.15) is 11.9 Å². The monoisotopic (exact) mass is 415 g/mol. The molecule has 0 spiro atoms. The molecule has 0 aliphatic heterocycles. The molecule has 28 heavy (non-hydrogen) atoms. The molecule has 1 aromatic rings. The fourth-order valence-electron chi connectivity index (χ4n) is 2.40. The molecule has 1 atom stereocenters. The van der Waals surface area contributed by atoms with Crippen LogP contribution < -0.4 is 5.32 Å². The Labute approximate surface area is 166 Å². The lowest BCUT2D eigenvalue weighted by atomic mass is 10.1. The molecule has 1 aromatic carbocycles. The van der Waals surface area contributed by atoms with Crippen molar-refractivity contribution in [3.8, 4) is 0 Å². The van der Waals surface area contributed by atoms with Crippen molar-refractivity contribution in [2.45, 2.75) is 39.8 Å². The predicted octanol–water partition coefficient (Wildman–Crippen LogP) is 1.60. The molecule has 7 nitrogen and oxygen atoms in total. The van der Waals surface area contributed by atoms with Crippen LogP contribution in [0.25, 0.3) is 0 Å². The van der Waals surface area contributed by atoms with Crippen molar-refractivity contribution in [3.63, 3.8) is 0 Å². The number of halogens is 1. The van der Waals surface area contributed by atoms with Crippen LogP contribution in [0.2, 0.25) is 0 Å². The summed E-state index contributed by atoms with van der Waals surface area (Å²) in [6.07, 6.45) is 1.81. The average Bonchev–Trinajstić information content (AvgIpc) is 2.59. The van der Waals surface area contributed by atoms with Gasteiger partial charge in [0.15, 0.2) is 0 Å². The second kappa shape index (κ2) is 10.5. The van der Waals surface area contributed by atoms with Crippen LogP contribution in [0.3, 0.4) is 0 Å². The topological polar surface area (TPSA) is 86.8 Å². The maximum atomic E-state index is 13.2. The second-order valence-electron chi connectivity index (χ2n) is 7.32. The fourth-order valence-corrected chi connectivity index (χ4v) is 2.74. The van der Waals surface area contributed by atoms with Gasteiger partial charge in [0, 0.05) is 20.1 Å². The van der Waals surface area contributed by atoms with Crippen molar-refractivity contribution in [1.29, 1.82) is 0 Å². The molecule has 0 radical (unpaired) electrons. The van der Waals surface area contributed by atoms with E-state index in [4.69, 9.17) is 0 Å². The zero-order valence-electron chi connectivity index (χ0n) is 17.1. The molecular formula is C19H30FN3O4S. The Morgan fingerprint density at radius 3 is 2.21 bits per heavy atom. The van der Waals surface area contributed by atoms with Gasteiger partial charge in [-0.25, -0.2) is 12.8 Å². The van der Waals surface area contributed by atoms with Crippen LogP contribution in [-0.2, 0) is 26.2 Å². The number of nitrogens with zero attached hydrogens (tertiary/aromatic N) is 2. The molecule has 0 aliphatic rings. The lowest BCUT2D eigenvalue weighted by molar-refractivity contribution is -0.140. The number of likely N-dealkylation sites (N-methyl/N-ethyl adjacent to an activating group) is 1. The molecule has 0 bridgehead atoms. The van der Waals surface area contributed by atoms with E-state index in [0.29, 0.717) is 18.0 Å². The summed E-state index contributed by atoms with van der Waals surface area (Å²) >= 11 is 0. The van der Waals surface area contributed by atoms with Crippen LogP contribution in [0.5, 0.6) is 0 Å². The van der Waals surface area contributed by atoms with Gasteiger partial charge in [-0.15, -0.1) is 0 Å². The van der Waals surface area contributed by atoms with Crippen LogP contribution >= 0.6 is 0 Å². The Balaban J connectivity index is 2.96. The third-order valence-electron chi connectivity index (χ3n) is 4.38. The highest BCUT2D eigenvalue weighted by Crippen LogP contribution is 2.12. The second-order valence-corrected chi connectivity index (χ2v) is 9.41. The summed E-state index contributed by atoms with van der Waals surface area (Å²) in [6.45, 7) is 5.84. The molecule has 9 heteroatoms. The largest absolute Gasteiger partial charge is 0.354 e. The molecule has 0 fully saturated rings. The van der Waals surface area contributed by atoms with Crippen molar-refractivity contribution in [1.82, 2.24) is 14.5 Å². The number of hydrogen-bond acceptors (Lipinski definition) is 4. The Hall–Kier alpha value is -2.00. The maximum absolute atomic E-state index is 13.2. The van der Waals surface area contributed by atoms with Gasteiger partial charge in [-0.3, -0.25) is 9.59 Å². The minimum Gasteiger partial charge on any atom is -0.354 e. The first-order valence-electron chi connectivity index (χ1n) is 9.14. The van der Waals surface area contributed by atoms with Crippen LogP contribution in [0.15, 0.2) is 24.3 Å². The lowest BCUT2D eigenvalue weighted by Crippen LogP contribution is -2.50. The average molecular weight is 416 g/mol. The van der Waals surface area contributed by atoms with Gasteiger partial charge in [-0.05, 0) is 37.0 Å². The molecule has 1 N–H and O–H groups in total. The van der Waals surface area contributed by atoms with Gasteiger partial charge in [0.25, 0.3) is 0 Å². The molecule has 2 amide bonds. The van der Waals surface area contributed by atoms with Crippen LogP contribution in [-0.4, -0.2) is 61.9 Å². The van der Waals surface area contributed by atoms with Gasteiger partial charge in [-0.2, -0.15) is 4.31 Å². The zero-order valence-corrected chi connectivity index (χ0v) is 17.9. The van der Waals surface area contributed by atoms with E-state index in [2.05, 4.69) is 5.32 Å². The molecule has 0 heterocycles. The summed E-state index contributed by atoms with van der Waals surface area (Å²) in [6, 6.07) is 4.79. The maximum Gasteiger partial charge on any atom is 0.242 e. The fraction of sp³-hybridized carbons (Fsp3) is 0.579. The van der Waals surface area contributed by atoms with E-state index in [0.717, 1.165) is 17.0 Å². The number of hydrogen-bond donors (Lipinski definition) is 1. The summed E-state index contributed by atoms with van der Waals surface area (Å²) in [4.78, 5) is 26.6. The van der Waals surface area contributed by atoms with E-state index >= 15 is 0 Å². The summed E-state index contributed by atoms with van der Waals surface area (Å²) in [7, 11) is -2.24. The van der Waals surface area contributed by atoms with E-state index < -0.39 is 27.8 Å². The summed E-state index contributed by atoms with van der Waals surface area (Å²) in [5.41, 5.74) is 0.638. The van der Waals surface area contributed by atoms with Crippen molar-refractivity contribution in [2.75, 3.05) is 26.4 Å². The molecule has 0 aromatic heterocycles. The van der Waals surface area contributed by atoms with Gasteiger partial charge in [0.2, 0.25) is 21.8 Å². The van der Waals surface area contributed by atoms with Crippen LogP contribution in [0.1, 0.15) is 32.8 Å². The summed E-state index contributed by atoms with van der Waals surface area (Å²) in [5, 5.41) is 2.80. The van der Waals surface area contributed by atoms with Gasteiger partial charge >= 0.3 is 0 Å². The minimum absolute atomic E-state index is 0.0650. The van der Waals surface area contributed by atoms with Crippen LogP contribution in [0, 0.1) is 11.7 Å². The standard InChI is InChI=1S/C19H30FN3O4S/c1-14(2)10-11-21-19(25)15(3)23(12-16-6-8-17(20)9-7-16)18(24)13-22(4)28(5,26)27/h6-9,14-15H,10-13H2,1-5H3,(H,21,25). The third-order valence-corrected chi connectivity index (χ3v) is 5.64. The number of sulfonamides is 1. The Morgan fingerprint density at radius 1 is 1.14 bits per heavy atom. The first-order chi connectivity index (χ1) is 12.9. The normalized spacial score (nSPS) is 12.9. The minimum atomic E-state index is -3.54. The SMILES string of the molecule is CC(C)CCNC(=O)C(C)N(Cc1ccc(F)cc1)C(=O)CN(C)S(C)(=O)=O. The lowest BCUT2D eigenvalue weighted by Gasteiger charge is -2.30. The van der Waals surface area contributed by atoms with E-state index in [9.17, 15) is 22.4 Å². The Bertz CT molecular complexity index is 766. The van der Waals surface area contributed by atoms with E-state index in [1.165, 1.54) is 36.2 Å². The highest BCUT2D eigenvalue weighted by atomic mass is 32.2. The summed E-state index contributed by atoms with van der Waals surface area (Å²) in [5.74, 6) is -0.809. The third kappa shape index (κ3) is 7.93. The van der Waals surface area contributed by atoms with E-state index in [1.807, 2.05) is 13.8 Å². The van der Waals surface area contributed by atoms with Crippen molar-refractivity contribution < 1.29 is 22.4 Å².